The summed E-state index contributed by atoms with van der Waals surface area (Å²) in [4.78, 5) is 14.6. The Balaban J connectivity index is 1.83. The summed E-state index contributed by atoms with van der Waals surface area (Å²) in [5.41, 5.74) is 7.05. The van der Waals surface area contributed by atoms with Gasteiger partial charge >= 0.3 is 6.09 Å². The van der Waals surface area contributed by atoms with E-state index in [4.69, 9.17) is 15.4 Å². The van der Waals surface area contributed by atoms with Crippen molar-refractivity contribution in [2.24, 2.45) is 5.73 Å². The van der Waals surface area contributed by atoms with Gasteiger partial charge in [-0.2, -0.15) is 4.98 Å². The zero-order chi connectivity index (χ0) is 15.1. The van der Waals surface area contributed by atoms with Crippen molar-refractivity contribution in [3.05, 3.63) is 47.6 Å². The van der Waals surface area contributed by atoms with Gasteiger partial charge in [-0.3, -0.25) is 0 Å². The summed E-state index contributed by atoms with van der Waals surface area (Å²) in [6, 6.07) is 9.47. The number of carboxylic acid groups (broad SMARTS) is 1. The van der Waals surface area contributed by atoms with Crippen LogP contribution >= 0.6 is 0 Å². The molecule has 0 aliphatic heterocycles. The van der Waals surface area contributed by atoms with E-state index in [1.165, 1.54) is 0 Å². The summed E-state index contributed by atoms with van der Waals surface area (Å²) in [6.45, 7) is 0.355. The van der Waals surface area contributed by atoms with Gasteiger partial charge in [-0.25, -0.2) is 4.79 Å². The number of aromatic nitrogens is 2. The SMILES string of the molecule is N[C@@H](CCCNC(=O)O)c1nc(Cc2ccccc2)no1. The quantitative estimate of drug-likeness (QED) is 0.669. The van der Waals surface area contributed by atoms with E-state index < -0.39 is 6.09 Å². The monoisotopic (exact) mass is 290 g/mol. The Labute approximate surface area is 122 Å². The molecule has 2 rings (SSSR count). The summed E-state index contributed by atoms with van der Waals surface area (Å²) in [7, 11) is 0. The van der Waals surface area contributed by atoms with Gasteiger partial charge in [-0.15, -0.1) is 0 Å². The zero-order valence-electron chi connectivity index (χ0n) is 11.5. The molecular weight excluding hydrogens is 272 g/mol. The van der Waals surface area contributed by atoms with E-state index in [0.29, 0.717) is 37.5 Å². The van der Waals surface area contributed by atoms with Crippen LogP contribution in [0.3, 0.4) is 0 Å². The van der Waals surface area contributed by atoms with Crippen molar-refractivity contribution in [1.82, 2.24) is 15.5 Å². The Morgan fingerprint density at radius 2 is 2.14 bits per heavy atom. The van der Waals surface area contributed by atoms with E-state index in [9.17, 15) is 4.79 Å². The molecule has 1 atom stereocenters. The van der Waals surface area contributed by atoms with Crippen LogP contribution in [0.5, 0.6) is 0 Å². The number of carbonyl (C=O) groups is 1. The van der Waals surface area contributed by atoms with E-state index in [0.717, 1.165) is 5.56 Å². The lowest BCUT2D eigenvalue weighted by Crippen LogP contribution is -2.23. The fourth-order valence-corrected chi connectivity index (χ4v) is 1.91. The Morgan fingerprint density at radius 3 is 2.86 bits per heavy atom. The molecule has 0 bridgehead atoms. The third-order valence-electron chi connectivity index (χ3n) is 2.97. The van der Waals surface area contributed by atoms with E-state index in [2.05, 4.69) is 15.5 Å². The van der Waals surface area contributed by atoms with Gasteiger partial charge in [-0.1, -0.05) is 35.5 Å². The number of benzene rings is 1. The number of nitrogens with two attached hydrogens (primary N) is 1. The fraction of sp³-hybridized carbons (Fsp3) is 0.357. The first-order valence-corrected chi connectivity index (χ1v) is 6.74. The predicted molar refractivity (Wildman–Crippen MR) is 75.7 cm³/mol. The molecule has 0 fully saturated rings. The van der Waals surface area contributed by atoms with Crippen molar-refractivity contribution in [3.8, 4) is 0 Å². The highest BCUT2D eigenvalue weighted by Gasteiger charge is 2.14. The van der Waals surface area contributed by atoms with Crippen molar-refractivity contribution in [1.29, 1.82) is 0 Å². The summed E-state index contributed by atoms with van der Waals surface area (Å²) in [6.07, 6.45) is 0.751. The Morgan fingerprint density at radius 1 is 1.38 bits per heavy atom. The molecule has 7 heteroatoms. The third-order valence-corrected chi connectivity index (χ3v) is 2.97. The number of nitrogens with one attached hydrogen (secondary N) is 1. The van der Waals surface area contributed by atoms with Gasteiger partial charge < -0.3 is 20.7 Å². The lowest BCUT2D eigenvalue weighted by atomic mass is 10.1. The molecule has 1 aromatic carbocycles. The normalized spacial score (nSPS) is 12.0. The van der Waals surface area contributed by atoms with Crippen molar-refractivity contribution in [2.45, 2.75) is 25.3 Å². The molecule has 0 aliphatic carbocycles. The second-order valence-electron chi connectivity index (χ2n) is 4.69. The van der Waals surface area contributed by atoms with Crippen LogP contribution in [-0.4, -0.2) is 27.9 Å². The summed E-state index contributed by atoms with van der Waals surface area (Å²) in [5, 5.41) is 14.7. The number of hydrogen-bond acceptors (Lipinski definition) is 5. The summed E-state index contributed by atoms with van der Waals surface area (Å²) in [5.74, 6) is 0.978. The standard InChI is InChI=1S/C14H18N4O3/c15-11(7-4-8-16-14(19)20)13-17-12(18-21-13)9-10-5-2-1-3-6-10/h1-3,5-6,11,16H,4,7-9,15H2,(H,19,20)/t11-/m0/s1. The lowest BCUT2D eigenvalue weighted by molar-refractivity contribution is 0.194. The van der Waals surface area contributed by atoms with E-state index in [1.807, 2.05) is 30.3 Å². The molecule has 2 aromatic rings. The van der Waals surface area contributed by atoms with E-state index >= 15 is 0 Å². The first-order valence-electron chi connectivity index (χ1n) is 6.74. The first kappa shape index (κ1) is 15.0. The van der Waals surface area contributed by atoms with Crippen molar-refractivity contribution in [3.63, 3.8) is 0 Å². The molecule has 21 heavy (non-hydrogen) atoms. The number of hydrogen-bond donors (Lipinski definition) is 3. The van der Waals surface area contributed by atoms with Crippen LogP contribution in [0.4, 0.5) is 4.79 Å². The highest BCUT2D eigenvalue weighted by atomic mass is 16.5. The minimum absolute atomic E-state index is 0.355. The van der Waals surface area contributed by atoms with Gasteiger partial charge in [0.2, 0.25) is 5.89 Å². The second kappa shape index (κ2) is 7.39. The minimum atomic E-state index is -1.04. The van der Waals surface area contributed by atoms with Crippen LogP contribution in [0.15, 0.2) is 34.9 Å². The highest BCUT2D eigenvalue weighted by Crippen LogP contribution is 2.14. The van der Waals surface area contributed by atoms with Crippen LogP contribution in [0.2, 0.25) is 0 Å². The van der Waals surface area contributed by atoms with Gasteiger partial charge in [0.1, 0.15) is 0 Å². The molecule has 0 saturated carbocycles. The summed E-state index contributed by atoms with van der Waals surface area (Å²) >= 11 is 0. The van der Waals surface area contributed by atoms with Gasteiger partial charge in [0.05, 0.1) is 6.04 Å². The predicted octanol–water partition coefficient (Wildman–Crippen LogP) is 1.71. The fourth-order valence-electron chi connectivity index (χ4n) is 1.91. The molecule has 0 radical (unpaired) electrons. The molecular formula is C14H18N4O3. The zero-order valence-corrected chi connectivity index (χ0v) is 11.5. The molecule has 1 heterocycles. The van der Waals surface area contributed by atoms with Crippen LogP contribution < -0.4 is 11.1 Å². The maximum atomic E-state index is 10.3. The molecule has 4 N–H and O–H groups in total. The Kier molecular flexibility index (Phi) is 5.28. The van der Waals surface area contributed by atoms with E-state index in [1.54, 1.807) is 0 Å². The molecule has 7 nitrogen and oxygen atoms in total. The average Bonchev–Trinajstić information content (AvgIpc) is 2.93. The maximum absolute atomic E-state index is 10.3. The molecule has 0 aliphatic rings. The molecule has 0 unspecified atom stereocenters. The van der Waals surface area contributed by atoms with Crippen LogP contribution in [0.25, 0.3) is 0 Å². The first-order chi connectivity index (χ1) is 10.1. The lowest BCUT2D eigenvalue weighted by Gasteiger charge is -2.05. The topological polar surface area (TPSA) is 114 Å². The second-order valence-corrected chi connectivity index (χ2v) is 4.69. The van der Waals surface area contributed by atoms with Gasteiger partial charge in [0.15, 0.2) is 5.82 Å². The van der Waals surface area contributed by atoms with Gasteiger partial charge in [0, 0.05) is 13.0 Å². The van der Waals surface area contributed by atoms with Gasteiger partial charge in [-0.05, 0) is 18.4 Å². The largest absolute Gasteiger partial charge is 0.465 e. The molecule has 1 amide bonds. The Hall–Kier alpha value is -2.41. The number of amides is 1. The van der Waals surface area contributed by atoms with Crippen molar-refractivity contribution >= 4 is 6.09 Å². The smallest absolute Gasteiger partial charge is 0.404 e. The minimum Gasteiger partial charge on any atom is -0.465 e. The average molecular weight is 290 g/mol. The van der Waals surface area contributed by atoms with Gasteiger partial charge in [0.25, 0.3) is 0 Å². The summed E-state index contributed by atoms with van der Waals surface area (Å²) < 4.78 is 5.15. The Bertz CT molecular complexity index is 571. The third kappa shape index (κ3) is 4.88. The van der Waals surface area contributed by atoms with E-state index in [-0.39, 0.29) is 6.04 Å². The molecule has 1 aromatic heterocycles. The number of rotatable bonds is 7. The molecule has 112 valence electrons. The van der Waals surface area contributed by atoms with Crippen LogP contribution in [-0.2, 0) is 6.42 Å². The van der Waals surface area contributed by atoms with Crippen LogP contribution in [0.1, 0.15) is 36.2 Å². The highest BCUT2D eigenvalue weighted by molar-refractivity contribution is 5.64. The van der Waals surface area contributed by atoms with Crippen molar-refractivity contribution in [2.75, 3.05) is 6.54 Å². The van der Waals surface area contributed by atoms with Crippen LogP contribution in [0, 0.1) is 0 Å². The molecule has 0 saturated heterocycles. The van der Waals surface area contributed by atoms with Crippen molar-refractivity contribution < 1.29 is 14.4 Å². The number of nitrogens with zero attached hydrogens (tertiary/aromatic N) is 2. The maximum Gasteiger partial charge on any atom is 0.404 e. The molecule has 0 spiro atoms.